The van der Waals surface area contributed by atoms with E-state index in [1.54, 1.807) is 0 Å². The predicted molar refractivity (Wildman–Crippen MR) is 87.9 cm³/mol. The molecule has 1 heterocycles. The average Bonchev–Trinajstić information content (AvgIpc) is 2.34. The predicted octanol–water partition coefficient (Wildman–Crippen LogP) is 0.470. The molecule has 114 valence electrons. The van der Waals surface area contributed by atoms with Gasteiger partial charge in [-0.15, -0.1) is 0 Å². The van der Waals surface area contributed by atoms with Gasteiger partial charge in [0.15, 0.2) is 8.32 Å². The summed E-state index contributed by atoms with van der Waals surface area (Å²) in [5, 5.41) is 0. The van der Waals surface area contributed by atoms with Gasteiger partial charge < -0.3 is 22.5 Å². The molecule has 0 saturated carbocycles. The Morgan fingerprint density at radius 1 is 1.05 bits per heavy atom. The summed E-state index contributed by atoms with van der Waals surface area (Å²) in [6, 6.07) is 2.16. The molecule has 0 aromatic heterocycles. The van der Waals surface area contributed by atoms with Crippen LogP contribution in [0.5, 0.6) is 0 Å². The van der Waals surface area contributed by atoms with Gasteiger partial charge in [0.1, 0.15) is 0 Å². The highest BCUT2D eigenvalue weighted by molar-refractivity contribution is 6.77. The van der Waals surface area contributed by atoms with E-state index in [4.69, 9.17) is 22.5 Å². The lowest BCUT2D eigenvalue weighted by molar-refractivity contribution is 0.258. The maximum atomic E-state index is 6.13. The molecule has 0 aromatic carbocycles. The van der Waals surface area contributed by atoms with E-state index in [9.17, 15) is 0 Å². The summed E-state index contributed by atoms with van der Waals surface area (Å²) in [4.78, 5) is 0. The van der Waals surface area contributed by atoms with Crippen LogP contribution in [0.25, 0.3) is 0 Å². The molecule has 19 heavy (non-hydrogen) atoms. The molecule has 0 spiro atoms. The zero-order valence-corrected chi connectivity index (χ0v) is 17.4. The van der Waals surface area contributed by atoms with Crippen molar-refractivity contribution in [3.8, 4) is 0 Å². The summed E-state index contributed by atoms with van der Waals surface area (Å²) in [7, 11) is -5.43. The van der Waals surface area contributed by atoms with Gasteiger partial charge in [-0.1, -0.05) is 6.42 Å². The number of rotatable bonds is 3. The fraction of sp³-hybridized carbons (Fsp3) is 1.00. The Morgan fingerprint density at radius 3 is 2.53 bits per heavy atom. The van der Waals surface area contributed by atoms with Crippen molar-refractivity contribution >= 4 is 36.9 Å². The first-order chi connectivity index (χ1) is 8.97. The zero-order valence-electron chi connectivity index (χ0n) is 12.6. The Hall–Kier alpha value is 0.668. The quantitative estimate of drug-likeness (QED) is 0.757. The first-order valence-corrected chi connectivity index (χ1v) is 15.1. The van der Waals surface area contributed by atoms with Gasteiger partial charge in [0.25, 0.3) is 20.0 Å². The Balaban J connectivity index is 2.52. The summed E-state index contributed by atoms with van der Waals surface area (Å²) >= 11 is 0. The molecule has 0 aromatic rings. The van der Waals surface area contributed by atoms with Crippen molar-refractivity contribution in [2.24, 2.45) is 5.73 Å². The van der Waals surface area contributed by atoms with Gasteiger partial charge >= 0.3 is 8.56 Å². The Kier molecular flexibility index (Phi) is 8.25. The highest BCUT2D eigenvalue weighted by atomic mass is 28.5. The van der Waals surface area contributed by atoms with Gasteiger partial charge in [-0.25, -0.2) is 0 Å². The molecular weight excluding hydrogens is 310 g/mol. The standard InChI is InChI=1S/C10H29NO4Si4/c1-18(2)9-5-4-8-12-16-14-19(3,10-6-7-11)15-17-13-18/h4-11,16-17H2,1-3H3. The minimum absolute atomic E-state index is 0.695. The Morgan fingerprint density at radius 2 is 1.79 bits per heavy atom. The van der Waals surface area contributed by atoms with Crippen molar-refractivity contribution in [2.75, 3.05) is 13.2 Å². The first kappa shape index (κ1) is 17.7. The van der Waals surface area contributed by atoms with Gasteiger partial charge in [-0.3, -0.25) is 0 Å². The monoisotopic (exact) mass is 339 g/mol. The lowest BCUT2D eigenvalue weighted by atomic mass is 10.4. The third-order valence-electron chi connectivity index (χ3n) is 3.41. The molecule has 1 aliphatic heterocycles. The molecule has 1 unspecified atom stereocenters. The summed E-state index contributed by atoms with van der Waals surface area (Å²) in [6.07, 6.45) is 3.29. The second-order valence-electron chi connectivity index (χ2n) is 5.82. The number of hydrogen-bond donors (Lipinski definition) is 1. The van der Waals surface area contributed by atoms with Crippen molar-refractivity contribution in [1.82, 2.24) is 0 Å². The fourth-order valence-corrected chi connectivity index (χ4v) is 11.4. The lowest BCUT2D eigenvalue weighted by Crippen LogP contribution is -2.45. The second-order valence-corrected chi connectivity index (χ2v) is 17.0. The van der Waals surface area contributed by atoms with E-state index in [1.165, 1.54) is 12.5 Å². The van der Waals surface area contributed by atoms with E-state index in [2.05, 4.69) is 19.6 Å². The summed E-state index contributed by atoms with van der Waals surface area (Å²) in [6.45, 7) is 8.22. The molecule has 1 aliphatic rings. The van der Waals surface area contributed by atoms with Crippen molar-refractivity contribution in [2.45, 2.75) is 51.0 Å². The average molecular weight is 340 g/mol. The minimum atomic E-state index is -2.08. The zero-order chi connectivity index (χ0) is 14.2. The molecule has 0 amide bonds. The van der Waals surface area contributed by atoms with Crippen molar-refractivity contribution in [3.63, 3.8) is 0 Å². The van der Waals surface area contributed by atoms with Gasteiger partial charge in [-0.05, 0) is 51.1 Å². The molecule has 1 rings (SSSR count). The van der Waals surface area contributed by atoms with Crippen LogP contribution in [0.4, 0.5) is 0 Å². The molecule has 5 nitrogen and oxygen atoms in total. The summed E-state index contributed by atoms with van der Waals surface area (Å²) < 4.78 is 23.9. The number of nitrogens with two attached hydrogens (primary N) is 1. The van der Waals surface area contributed by atoms with E-state index in [-0.39, 0.29) is 0 Å². The SMILES string of the molecule is C[Si]1(C)CCCCO[SiH2]O[Si](C)(CCCN)O[SiH2]O1. The molecule has 2 N–H and O–H groups in total. The summed E-state index contributed by atoms with van der Waals surface area (Å²) in [5.41, 5.74) is 5.60. The molecule has 1 fully saturated rings. The molecular formula is C10H29NO4Si4. The molecule has 0 bridgehead atoms. The smallest absolute Gasteiger partial charge is 0.316 e. The molecule has 0 aliphatic carbocycles. The second kappa shape index (κ2) is 8.84. The molecule has 9 heteroatoms. The van der Waals surface area contributed by atoms with Gasteiger partial charge in [0.05, 0.1) is 0 Å². The summed E-state index contributed by atoms with van der Waals surface area (Å²) in [5.74, 6) is 0. The van der Waals surface area contributed by atoms with E-state index in [0.717, 1.165) is 25.5 Å². The molecule has 1 saturated heterocycles. The molecule has 1 atom stereocenters. The first-order valence-electron chi connectivity index (χ1n) is 7.17. The fourth-order valence-electron chi connectivity index (χ4n) is 1.98. The lowest BCUT2D eigenvalue weighted by Gasteiger charge is -2.31. The Labute approximate surface area is 124 Å². The molecule has 0 radical (unpaired) electrons. The van der Waals surface area contributed by atoms with Crippen LogP contribution in [-0.4, -0.2) is 50.0 Å². The van der Waals surface area contributed by atoms with Crippen molar-refractivity contribution in [1.29, 1.82) is 0 Å². The third-order valence-corrected chi connectivity index (χ3v) is 16.1. The van der Waals surface area contributed by atoms with E-state index >= 15 is 0 Å². The van der Waals surface area contributed by atoms with Gasteiger partial charge in [0.2, 0.25) is 0 Å². The van der Waals surface area contributed by atoms with Crippen LogP contribution in [-0.2, 0) is 16.8 Å². The van der Waals surface area contributed by atoms with E-state index in [1.807, 2.05) is 0 Å². The van der Waals surface area contributed by atoms with Crippen molar-refractivity contribution < 1.29 is 16.8 Å². The topological polar surface area (TPSA) is 62.9 Å². The Bertz CT molecular complexity index is 260. The van der Waals surface area contributed by atoms with Crippen LogP contribution in [0.3, 0.4) is 0 Å². The number of hydrogen-bond acceptors (Lipinski definition) is 5. The van der Waals surface area contributed by atoms with Gasteiger partial charge in [-0.2, -0.15) is 0 Å². The van der Waals surface area contributed by atoms with Crippen molar-refractivity contribution in [3.05, 3.63) is 0 Å². The van der Waals surface area contributed by atoms with Gasteiger partial charge in [0, 0.05) is 6.61 Å². The van der Waals surface area contributed by atoms with Crippen LogP contribution >= 0.6 is 0 Å². The van der Waals surface area contributed by atoms with E-state index < -0.39 is 36.9 Å². The maximum Gasteiger partial charge on any atom is 0.316 e. The van der Waals surface area contributed by atoms with E-state index in [0.29, 0.717) is 6.54 Å². The van der Waals surface area contributed by atoms with Crippen LogP contribution in [0, 0.1) is 0 Å². The highest BCUT2D eigenvalue weighted by Gasteiger charge is 2.32. The highest BCUT2D eigenvalue weighted by Crippen LogP contribution is 2.19. The van der Waals surface area contributed by atoms with Crippen LogP contribution in [0.15, 0.2) is 0 Å². The van der Waals surface area contributed by atoms with Crippen LogP contribution in [0.2, 0.25) is 31.7 Å². The van der Waals surface area contributed by atoms with Crippen LogP contribution in [0.1, 0.15) is 19.3 Å². The van der Waals surface area contributed by atoms with Crippen LogP contribution < -0.4 is 5.73 Å². The minimum Gasteiger partial charge on any atom is -0.441 e. The maximum absolute atomic E-state index is 6.13. The third kappa shape index (κ3) is 7.87. The largest absolute Gasteiger partial charge is 0.441 e. The normalized spacial score (nSPS) is 32.8.